The Labute approximate surface area is 115 Å². The Kier molecular flexibility index (Phi) is 6.36. The van der Waals surface area contributed by atoms with E-state index in [4.69, 9.17) is 10.5 Å². The zero-order chi connectivity index (χ0) is 14.3. The van der Waals surface area contributed by atoms with Gasteiger partial charge in [0.25, 0.3) is 0 Å². The number of amides is 1. The molecule has 0 aliphatic carbocycles. The molecule has 1 rings (SSSR count). The summed E-state index contributed by atoms with van der Waals surface area (Å²) in [5.74, 6) is 0.955. The number of benzene rings is 1. The third kappa shape index (κ3) is 4.91. The molecule has 0 saturated carbocycles. The van der Waals surface area contributed by atoms with E-state index in [9.17, 15) is 4.79 Å². The van der Waals surface area contributed by atoms with Gasteiger partial charge in [-0.1, -0.05) is 12.1 Å². The Morgan fingerprint density at radius 3 is 2.79 bits per heavy atom. The van der Waals surface area contributed by atoms with E-state index in [1.807, 2.05) is 32.0 Å². The molecule has 0 aliphatic rings. The van der Waals surface area contributed by atoms with Crippen molar-refractivity contribution in [1.82, 2.24) is 4.90 Å². The maximum atomic E-state index is 11.8. The number of hydrogen-bond donors (Lipinski definition) is 1. The Morgan fingerprint density at radius 1 is 1.37 bits per heavy atom. The zero-order valence-corrected chi connectivity index (χ0v) is 12.1. The first kappa shape index (κ1) is 15.5. The minimum absolute atomic E-state index is 0.0961. The van der Waals surface area contributed by atoms with Crippen LogP contribution < -0.4 is 10.5 Å². The zero-order valence-electron chi connectivity index (χ0n) is 12.1. The highest BCUT2D eigenvalue weighted by molar-refractivity contribution is 5.75. The minimum Gasteiger partial charge on any atom is -0.493 e. The van der Waals surface area contributed by atoms with Gasteiger partial charge in [0, 0.05) is 13.6 Å². The van der Waals surface area contributed by atoms with Crippen LogP contribution in [0, 0.1) is 13.8 Å². The fraction of sp³-hybridized carbons (Fsp3) is 0.533. The highest BCUT2D eigenvalue weighted by atomic mass is 16.5. The van der Waals surface area contributed by atoms with Crippen molar-refractivity contribution in [1.29, 1.82) is 0 Å². The first-order chi connectivity index (χ1) is 9.06. The number of ether oxygens (including phenoxy) is 1. The molecule has 0 radical (unpaired) electrons. The molecular weight excluding hydrogens is 240 g/mol. The van der Waals surface area contributed by atoms with Gasteiger partial charge in [0.2, 0.25) is 5.91 Å². The highest BCUT2D eigenvalue weighted by Crippen LogP contribution is 2.20. The van der Waals surface area contributed by atoms with Gasteiger partial charge >= 0.3 is 0 Å². The Hall–Kier alpha value is -1.55. The van der Waals surface area contributed by atoms with Gasteiger partial charge in [-0.3, -0.25) is 4.79 Å². The van der Waals surface area contributed by atoms with Gasteiger partial charge in [-0.25, -0.2) is 0 Å². The van der Waals surface area contributed by atoms with Gasteiger partial charge < -0.3 is 15.4 Å². The molecule has 0 aliphatic heterocycles. The molecule has 0 fully saturated rings. The van der Waals surface area contributed by atoms with Crippen molar-refractivity contribution in [2.45, 2.75) is 26.7 Å². The molecule has 4 nitrogen and oxygen atoms in total. The predicted octanol–water partition coefficient (Wildman–Crippen LogP) is 1.88. The Balaban J connectivity index is 2.37. The van der Waals surface area contributed by atoms with Crippen LogP contribution in [0.4, 0.5) is 0 Å². The van der Waals surface area contributed by atoms with Crippen LogP contribution in [0.25, 0.3) is 0 Å². The highest BCUT2D eigenvalue weighted by Gasteiger charge is 2.09. The molecule has 1 aromatic carbocycles. The molecule has 1 amide bonds. The number of nitrogens with two attached hydrogens (primary N) is 1. The smallest absolute Gasteiger partial charge is 0.225 e. The second kappa shape index (κ2) is 7.79. The summed E-state index contributed by atoms with van der Waals surface area (Å²) in [5.41, 5.74) is 7.75. The van der Waals surface area contributed by atoms with Gasteiger partial charge in [0.15, 0.2) is 0 Å². The lowest BCUT2D eigenvalue weighted by molar-refractivity contribution is -0.130. The molecule has 0 saturated heterocycles. The molecule has 19 heavy (non-hydrogen) atoms. The van der Waals surface area contributed by atoms with Crippen molar-refractivity contribution < 1.29 is 9.53 Å². The van der Waals surface area contributed by atoms with E-state index in [2.05, 4.69) is 0 Å². The largest absolute Gasteiger partial charge is 0.493 e. The lowest BCUT2D eigenvalue weighted by Gasteiger charge is -2.17. The van der Waals surface area contributed by atoms with Crippen LogP contribution in [0.15, 0.2) is 18.2 Å². The molecule has 0 heterocycles. The molecule has 106 valence electrons. The van der Waals surface area contributed by atoms with Gasteiger partial charge in [0.1, 0.15) is 5.75 Å². The molecule has 4 heteroatoms. The van der Waals surface area contributed by atoms with Crippen molar-refractivity contribution in [3.05, 3.63) is 29.3 Å². The fourth-order valence-electron chi connectivity index (χ4n) is 1.77. The van der Waals surface area contributed by atoms with Gasteiger partial charge in [-0.15, -0.1) is 0 Å². The van der Waals surface area contributed by atoms with Crippen molar-refractivity contribution in [2.75, 3.05) is 26.7 Å². The standard InChI is InChI=1S/C15H24N2O2/c1-12-6-4-7-14(13(12)2)19-11-8-15(18)17(3)10-5-9-16/h4,6-7H,5,8-11,16H2,1-3H3. The normalized spacial score (nSPS) is 10.3. The summed E-state index contributed by atoms with van der Waals surface area (Å²) >= 11 is 0. The number of carbonyl (C=O) groups excluding carboxylic acids is 1. The molecule has 0 spiro atoms. The molecule has 0 unspecified atom stereocenters. The van der Waals surface area contributed by atoms with E-state index < -0.39 is 0 Å². The first-order valence-electron chi connectivity index (χ1n) is 6.69. The van der Waals surface area contributed by atoms with Crippen molar-refractivity contribution in [2.24, 2.45) is 5.73 Å². The quantitative estimate of drug-likeness (QED) is 0.818. The number of carbonyl (C=O) groups is 1. The number of nitrogens with zero attached hydrogens (tertiary/aromatic N) is 1. The van der Waals surface area contributed by atoms with Crippen LogP contribution in [-0.2, 0) is 4.79 Å². The van der Waals surface area contributed by atoms with Crippen molar-refractivity contribution in [3.8, 4) is 5.75 Å². The van der Waals surface area contributed by atoms with Crippen LogP contribution in [0.1, 0.15) is 24.0 Å². The summed E-state index contributed by atoms with van der Waals surface area (Å²) in [6.45, 7) is 5.80. The van der Waals surface area contributed by atoms with E-state index in [1.54, 1.807) is 11.9 Å². The summed E-state index contributed by atoms with van der Waals surface area (Å²) in [4.78, 5) is 13.5. The monoisotopic (exact) mass is 264 g/mol. The fourth-order valence-corrected chi connectivity index (χ4v) is 1.77. The molecule has 0 aromatic heterocycles. The first-order valence-corrected chi connectivity index (χ1v) is 6.69. The second-order valence-electron chi connectivity index (χ2n) is 4.75. The molecular formula is C15H24N2O2. The molecule has 0 atom stereocenters. The summed E-state index contributed by atoms with van der Waals surface area (Å²) in [5, 5.41) is 0. The summed E-state index contributed by atoms with van der Waals surface area (Å²) in [6, 6.07) is 5.95. The van der Waals surface area contributed by atoms with E-state index in [0.717, 1.165) is 17.7 Å². The average molecular weight is 264 g/mol. The summed E-state index contributed by atoms with van der Waals surface area (Å²) in [7, 11) is 1.80. The average Bonchev–Trinajstić information content (AvgIpc) is 2.40. The van der Waals surface area contributed by atoms with Crippen LogP contribution in [0.5, 0.6) is 5.75 Å². The van der Waals surface area contributed by atoms with Gasteiger partial charge in [-0.05, 0) is 44.0 Å². The Morgan fingerprint density at radius 2 is 2.11 bits per heavy atom. The maximum absolute atomic E-state index is 11.8. The third-order valence-corrected chi connectivity index (χ3v) is 3.25. The van der Waals surface area contributed by atoms with Crippen LogP contribution in [-0.4, -0.2) is 37.6 Å². The van der Waals surface area contributed by atoms with E-state index >= 15 is 0 Å². The lowest BCUT2D eigenvalue weighted by Crippen LogP contribution is -2.30. The lowest BCUT2D eigenvalue weighted by atomic mass is 10.1. The van der Waals surface area contributed by atoms with Crippen molar-refractivity contribution >= 4 is 5.91 Å². The van der Waals surface area contributed by atoms with Crippen LogP contribution in [0.2, 0.25) is 0 Å². The summed E-state index contributed by atoms with van der Waals surface area (Å²) in [6.07, 6.45) is 1.23. The number of rotatable bonds is 7. The molecule has 1 aromatic rings. The Bertz CT molecular complexity index is 419. The van der Waals surface area contributed by atoms with Crippen molar-refractivity contribution in [3.63, 3.8) is 0 Å². The maximum Gasteiger partial charge on any atom is 0.225 e. The summed E-state index contributed by atoms with van der Waals surface area (Å²) < 4.78 is 5.67. The second-order valence-corrected chi connectivity index (χ2v) is 4.75. The van der Waals surface area contributed by atoms with E-state index in [-0.39, 0.29) is 5.91 Å². The number of hydrogen-bond acceptors (Lipinski definition) is 3. The minimum atomic E-state index is 0.0961. The van der Waals surface area contributed by atoms with Crippen LogP contribution in [0.3, 0.4) is 0 Å². The van der Waals surface area contributed by atoms with Gasteiger partial charge in [0.05, 0.1) is 13.0 Å². The van der Waals surface area contributed by atoms with Crippen LogP contribution >= 0.6 is 0 Å². The van der Waals surface area contributed by atoms with Gasteiger partial charge in [-0.2, -0.15) is 0 Å². The SMILES string of the molecule is Cc1cccc(OCCC(=O)N(C)CCCN)c1C. The molecule has 0 bridgehead atoms. The van der Waals surface area contributed by atoms with E-state index in [1.165, 1.54) is 5.56 Å². The number of aryl methyl sites for hydroxylation is 1. The topological polar surface area (TPSA) is 55.6 Å². The predicted molar refractivity (Wildman–Crippen MR) is 77.3 cm³/mol. The van der Waals surface area contributed by atoms with E-state index in [0.29, 0.717) is 26.1 Å². The molecule has 2 N–H and O–H groups in total. The third-order valence-electron chi connectivity index (χ3n) is 3.25.